The third-order valence-electron chi connectivity index (χ3n) is 5.35. The van der Waals surface area contributed by atoms with Crippen molar-refractivity contribution in [3.63, 3.8) is 0 Å². The summed E-state index contributed by atoms with van der Waals surface area (Å²) in [6, 6.07) is 7.81. The quantitative estimate of drug-likeness (QED) is 0.922. The van der Waals surface area contributed by atoms with E-state index < -0.39 is 0 Å². The van der Waals surface area contributed by atoms with Crippen LogP contribution in [0.1, 0.15) is 49.0 Å². The third-order valence-corrected chi connectivity index (χ3v) is 5.35. The van der Waals surface area contributed by atoms with Gasteiger partial charge in [0.25, 0.3) is 5.91 Å². The van der Waals surface area contributed by atoms with E-state index in [1.165, 1.54) is 0 Å². The zero-order valence-corrected chi connectivity index (χ0v) is 14.6. The molecule has 0 saturated carbocycles. The fourth-order valence-electron chi connectivity index (χ4n) is 3.57. The van der Waals surface area contributed by atoms with Crippen molar-refractivity contribution in [3.05, 3.63) is 35.4 Å². The first-order valence-electron chi connectivity index (χ1n) is 8.78. The summed E-state index contributed by atoms with van der Waals surface area (Å²) in [5, 5.41) is 0. The van der Waals surface area contributed by atoms with Crippen LogP contribution in [0.5, 0.6) is 0 Å². The highest BCUT2D eigenvalue weighted by molar-refractivity contribution is 5.94. The first kappa shape index (κ1) is 17.0. The largest absolute Gasteiger partial charge is 0.338 e. The molecule has 0 aromatic heterocycles. The van der Waals surface area contributed by atoms with Gasteiger partial charge >= 0.3 is 0 Å². The van der Waals surface area contributed by atoms with Crippen LogP contribution in [0.2, 0.25) is 0 Å². The predicted octanol–water partition coefficient (Wildman–Crippen LogP) is 2.01. The highest BCUT2D eigenvalue weighted by Crippen LogP contribution is 2.28. The van der Waals surface area contributed by atoms with E-state index >= 15 is 0 Å². The number of amides is 2. The number of nitrogens with zero attached hydrogens (tertiary/aromatic N) is 2. The highest BCUT2D eigenvalue weighted by Gasteiger charge is 2.35. The number of carbonyl (C=O) groups excluding carboxylic acids is 2. The summed E-state index contributed by atoms with van der Waals surface area (Å²) in [7, 11) is 0. The Bertz CT molecular complexity index is 624. The zero-order valence-electron chi connectivity index (χ0n) is 14.6. The van der Waals surface area contributed by atoms with E-state index in [2.05, 4.69) is 13.8 Å². The van der Waals surface area contributed by atoms with Crippen LogP contribution < -0.4 is 5.73 Å². The minimum absolute atomic E-state index is 0.0516. The van der Waals surface area contributed by atoms with E-state index in [4.69, 9.17) is 5.73 Å². The van der Waals surface area contributed by atoms with Crippen molar-refractivity contribution >= 4 is 11.8 Å². The number of likely N-dealkylation sites (tertiary alicyclic amines) is 2. The SMILES string of the molecule is CC1(C)CN(C(=O)c2ccc(CN3CCCC3=O)cc2)CCC1N. The first-order valence-corrected chi connectivity index (χ1v) is 8.78. The lowest BCUT2D eigenvalue weighted by molar-refractivity contribution is -0.128. The van der Waals surface area contributed by atoms with Gasteiger partial charge in [0.15, 0.2) is 0 Å². The van der Waals surface area contributed by atoms with E-state index in [1.807, 2.05) is 34.1 Å². The lowest BCUT2D eigenvalue weighted by Crippen LogP contribution is -2.53. The summed E-state index contributed by atoms with van der Waals surface area (Å²) in [6.45, 7) is 7.12. The first-order chi connectivity index (χ1) is 11.4. The Morgan fingerprint density at radius 3 is 2.54 bits per heavy atom. The molecule has 0 radical (unpaired) electrons. The molecule has 1 atom stereocenters. The number of rotatable bonds is 3. The van der Waals surface area contributed by atoms with Gasteiger partial charge in [0.1, 0.15) is 0 Å². The summed E-state index contributed by atoms with van der Waals surface area (Å²) >= 11 is 0. The molecule has 1 aromatic rings. The Kier molecular flexibility index (Phi) is 4.63. The number of hydrogen-bond donors (Lipinski definition) is 1. The molecule has 0 bridgehead atoms. The summed E-state index contributed by atoms with van der Waals surface area (Å²) in [5.74, 6) is 0.292. The fraction of sp³-hybridized carbons (Fsp3) is 0.579. The van der Waals surface area contributed by atoms with Crippen molar-refractivity contribution < 1.29 is 9.59 Å². The number of piperidine rings is 1. The van der Waals surface area contributed by atoms with Gasteiger partial charge in [-0.2, -0.15) is 0 Å². The molecule has 0 spiro atoms. The predicted molar refractivity (Wildman–Crippen MR) is 93.4 cm³/mol. The standard InChI is InChI=1S/C19H27N3O2/c1-19(2)13-22(11-9-16(19)20)18(24)15-7-5-14(6-8-15)12-21-10-3-4-17(21)23/h5-8,16H,3-4,9-13,20H2,1-2H3. The smallest absolute Gasteiger partial charge is 0.253 e. The molecule has 5 nitrogen and oxygen atoms in total. The maximum Gasteiger partial charge on any atom is 0.253 e. The van der Waals surface area contributed by atoms with Crippen LogP contribution in [0.15, 0.2) is 24.3 Å². The second kappa shape index (κ2) is 6.55. The Balaban J connectivity index is 1.64. The van der Waals surface area contributed by atoms with Gasteiger partial charge in [-0.25, -0.2) is 0 Å². The van der Waals surface area contributed by atoms with Crippen molar-refractivity contribution in [3.8, 4) is 0 Å². The van der Waals surface area contributed by atoms with Gasteiger partial charge in [0.05, 0.1) is 0 Å². The topological polar surface area (TPSA) is 66.6 Å². The fourth-order valence-corrected chi connectivity index (χ4v) is 3.57. The Morgan fingerprint density at radius 2 is 1.96 bits per heavy atom. The Hall–Kier alpha value is -1.88. The van der Waals surface area contributed by atoms with Gasteiger partial charge in [0, 0.05) is 44.2 Å². The highest BCUT2D eigenvalue weighted by atomic mass is 16.2. The average molecular weight is 329 g/mol. The number of carbonyl (C=O) groups is 2. The molecule has 2 saturated heterocycles. The van der Waals surface area contributed by atoms with Crippen molar-refractivity contribution in [2.75, 3.05) is 19.6 Å². The van der Waals surface area contributed by atoms with Crippen LogP contribution in [-0.4, -0.2) is 47.3 Å². The van der Waals surface area contributed by atoms with E-state index in [9.17, 15) is 9.59 Å². The van der Waals surface area contributed by atoms with Gasteiger partial charge in [0.2, 0.25) is 5.91 Å². The Labute approximate surface area is 143 Å². The molecule has 2 fully saturated rings. The van der Waals surface area contributed by atoms with E-state index in [0.29, 0.717) is 31.6 Å². The van der Waals surface area contributed by atoms with E-state index in [0.717, 1.165) is 24.9 Å². The summed E-state index contributed by atoms with van der Waals surface area (Å²) in [5.41, 5.74) is 7.88. The van der Waals surface area contributed by atoms with Crippen molar-refractivity contribution in [1.29, 1.82) is 0 Å². The van der Waals surface area contributed by atoms with Crippen LogP contribution in [0.4, 0.5) is 0 Å². The van der Waals surface area contributed by atoms with Crippen molar-refractivity contribution in [2.45, 2.75) is 45.7 Å². The lowest BCUT2D eigenvalue weighted by atomic mass is 9.79. The monoisotopic (exact) mass is 329 g/mol. The average Bonchev–Trinajstić information content (AvgIpc) is 2.95. The van der Waals surface area contributed by atoms with E-state index in [1.54, 1.807) is 0 Å². The molecule has 5 heteroatoms. The van der Waals surface area contributed by atoms with Crippen LogP contribution >= 0.6 is 0 Å². The molecule has 130 valence electrons. The van der Waals surface area contributed by atoms with Gasteiger partial charge in [-0.1, -0.05) is 26.0 Å². The number of nitrogens with two attached hydrogens (primary N) is 1. The molecule has 2 aliphatic heterocycles. The summed E-state index contributed by atoms with van der Waals surface area (Å²) in [6.07, 6.45) is 2.44. The second-order valence-corrected chi connectivity index (χ2v) is 7.73. The maximum atomic E-state index is 12.7. The molecule has 0 aliphatic carbocycles. The summed E-state index contributed by atoms with van der Waals surface area (Å²) in [4.78, 5) is 28.2. The van der Waals surface area contributed by atoms with Crippen molar-refractivity contribution in [2.24, 2.45) is 11.1 Å². The lowest BCUT2D eigenvalue weighted by Gasteiger charge is -2.42. The minimum Gasteiger partial charge on any atom is -0.338 e. The molecular weight excluding hydrogens is 302 g/mol. The molecule has 1 unspecified atom stereocenters. The Morgan fingerprint density at radius 1 is 1.25 bits per heavy atom. The van der Waals surface area contributed by atoms with E-state index in [-0.39, 0.29) is 23.3 Å². The third kappa shape index (κ3) is 3.46. The molecule has 24 heavy (non-hydrogen) atoms. The van der Waals surface area contributed by atoms with Gasteiger partial charge in [-0.15, -0.1) is 0 Å². The van der Waals surface area contributed by atoms with Crippen LogP contribution in [0, 0.1) is 5.41 Å². The maximum absolute atomic E-state index is 12.7. The van der Waals surface area contributed by atoms with Gasteiger partial charge in [-0.05, 0) is 36.0 Å². The molecule has 2 heterocycles. The van der Waals surface area contributed by atoms with Crippen LogP contribution in [0.3, 0.4) is 0 Å². The molecule has 2 amide bonds. The molecule has 3 rings (SSSR count). The minimum atomic E-state index is -0.0516. The second-order valence-electron chi connectivity index (χ2n) is 7.73. The molecule has 1 aromatic carbocycles. The van der Waals surface area contributed by atoms with Gasteiger partial charge < -0.3 is 15.5 Å². The number of benzene rings is 1. The van der Waals surface area contributed by atoms with Crippen LogP contribution in [0.25, 0.3) is 0 Å². The zero-order chi connectivity index (χ0) is 17.3. The van der Waals surface area contributed by atoms with Gasteiger partial charge in [-0.3, -0.25) is 9.59 Å². The van der Waals surface area contributed by atoms with Crippen molar-refractivity contribution in [1.82, 2.24) is 9.80 Å². The number of hydrogen-bond acceptors (Lipinski definition) is 3. The van der Waals surface area contributed by atoms with Crippen LogP contribution in [-0.2, 0) is 11.3 Å². The molecule has 2 aliphatic rings. The summed E-state index contributed by atoms with van der Waals surface area (Å²) < 4.78 is 0. The normalized spacial score (nSPS) is 23.6. The molecule has 2 N–H and O–H groups in total. The molecular formula is C19H27N3O2.